The van der Waals surface area contributed by atoms with Crippen LogP contribution in [0, 0.1) is 11.8 Å². The lowest BCUT2D eigenvalue weighted by molar-refractivity contribution is 0.111. The molecule has 0 aromatic carbocycles. The zero-order chi connectivity index (χ0) is 7.84. The fourth-order valence-corrected chi connectivity index (χ4v) is 2.61. The van der Waals surface area contributed by atoms with Crippen molar-refractivity contribution in [2.45, 2.75) is 39.2 Å². The molecule has 2 heterocycles. The van der Waals surface area contributed by atoms with Gasteiger partial charge in [0.25, 0.3) is 0 Å². The van der Waals surface area contributed by atoms with E-state index in [4.69, 9.17) is 0 Å². The first-order valence-electron chi connectivity index (χ1n) is 5.01. The number of piperidine rings is 1. The number of rotatable bonds is 0. The summed E-state index contributed by atoms with van der Waals surface area (Å²) >= 11 is 0. The molecule has 0 bridgehead atoms. The first-order chi connectivity index (χ1) is 5.27. The standard InChI is InChI=1S/C10H19N/c1-8-6-10-4-3-5-11(10)7-9(8)2/h8-10H,3-7H2,1-2H3. The highest BCUT2D eigenvalue weighted by molar-refractivity contribution is 4.87. The van der Waals surface area contributed by atoms with Gasteiger partial charge in [0, 0.05) is 12.6 Å². The van der Waals surface area contributed by atoms with Gasteiger partial charge in [-0.2, -0.15) is 0 Å². The van der Waals surface area contributed by atoms with Gasteiger partial charge in [0.2, 0.25) is 0 Å². The molecule has 2 aliphatic rings. The van der Waals surface area contributed by atoms with Crippen LogP contribution in [-0.4, -0.2) is 24.0 Å². The maximum Gasteiger partial charge on any atom is 0.00984 e. The van der Waals surface area contributed by atoms with Gasteiger partial charge < -0.3 is 4.90 Å². The first kappa shape index (κ1) is 7.60. The van der Waals surface area contributed by atoms with Crippen molar-refractivity contribution in [3.8, 4) is 0 Å². The smallest absolute Gasteiger partial charge is 0.00984 e. The molecule has 0 saturated carbocycles. The van der Waals surface area contributed by atoms with Crippen LogP contribution in [0.4, 0.5) is 0 Å². The lowest BCUT2D eigenvalue weighted by Crippen LogP contribution is -2.41. The summed E-state index contributed by atoms with van der Waals surface area (Å²) in [6.45, 7) is 7.56. The molecule has 0 aromatic rings. The molecule has 1 heteroatoms. The zero-order valence-corrected chi connectivity index (χ0v) is 7.71. The van der Waals surface area contributed by atoms with Gasteiger partial charge in [0.05, 0.1) is 0 Å². The molecule has 0 aliphatic carbocycles. The maximum absolute atomic E-state index is 2.70. The summed E-state index contributed by atoms with van der Waals surface area (Å²) in [6.07, 6.45) is 4.38. The molecule has 2 aliphatic heterocycles. The van der Waals surface area contributed by atoms with Crippen molar-refractivity contribution in [2.75, 3.05) is 13.1 Å². The van der Waals surface area contributed by atoms with E-state index in [1.807, 2.05) is 0 Å². The van der Waals surface area contributed by atoms with Gasteiger partial charge >= 0.3 is 0 Å². The monoisotopic (exact) mass is 153 g/mol. The van der Waals surface area contributed by atoms with Gasteiger partial charge in [-0.1, -0.05) is 13.8 Å². The molecule has 0 aromatic heterocycles. The molecule has 64 valence electrons. The van der Waals surface area contributed by atoms with Gasteiger partial charge in [-0.3, -0.25) is 0 Å². The van der Waals surface area contributed by atoms with E-state index in [-0.39, 0.29) is 0 Å². The Hall–Kier alpha value is -0.0400. The van der Waals surface area contributed by atoms with Crippen molar-refractivity contribution in [3.05, 3.63) is 0 Å². The van der Waals surface area contributed by atoms with Crippen LogP contribution in [0.25, 0.3) is 0 Å². The summed E-state index contributed by atoms with van der Waals surface area (Å²) in [6, 6.07) is 0.959. The van der Waals surface area contributed by atoms with Crippen molar-refractivity contribution in [1.29, 1.82) is 0 Å². The highest BCUT2D eigenvalue weighted by Crippen LogP contribution is 2.32. The van der Waals surface area contributed by atoms with E-state index >= 15 is 0 Å². The second kappa shape index (κ2) is 2.78. The molecule has 3 atom stereocenters. The maximum atomic E-state index is 2.70. The highest BCUT2D eigenvalue weighted by Gasteiger charge is 2.33. The van der Waals surface area contributed by atoms with Gasteiger partial charge in [-0.25, -0.2) is 0 Å². The molecule has 2 fully saturated rings. The lowest BCUT2D eigenvalue weighted by atomic mass is 9.85. The van der Waals surface area contributed by atoms with Crippen LogP contribution in [0.15, 0.2) is 0 Å². The normalized spacial score (nSPS) is 45.8. The van der Waals surface area contributed by atoms with Gasteiger partial charge in [0.15, 0.2) is 0 Å². The quantitative estimate of drug-likeness (QED) is 0.515. The number of fused-ring (bicyclic) bond motifs is 1. The number of nitrogens with zero attached hydrogens (tertiary/aromatic N) is 1. The second-order valence-corrected chi connectivity index (χ2v) is 4.48. The Labute approximate surface area is 69.8 Å². The minimum absolute atomic E-state index is 0.935. The van der Waals surface area contributed by atoms with Crippen LogP contribution in [0.3, 0.4) is 0 Å². The highest BCUT2D eigenvalue weighted by atomic mass is 15.2. The van der Waals surface area contributed by atoms with Crippen LogP contribution < -0.4 is 0 Å². The summed E-state index contributed by atoms with van der Waals surface area (Å²) in [4.78, 5) is 2.70. The van der Waals surface area contributed by atoms with E-state index in [0.29, 0.717) is 0 Å². The Morgan fingerprint density at radius 2 is 2.00 bits per heavy atom. The van der Waals surface area contributed by atoms with Gasteiger partial charge in [-0.05, 0) is 37.6 Å². The molecule has 0 spiro atoms. The molecular weight excluding hydrogens is 134 g/mol. The topological polar surface area (TPSA) is 3.24 Å². The minimum atomic E-state index is 0.935. The Morgan fingerprint density at radius 1 is 1.18 bits per heavy atom. The van der Waals surface area contributed by atoms with Crippen molar-refractivity contribution in [3.63, 3.8) is 0 Å². The van der Waals surface area contributed by atoms with Crippen LogP contribution in [0.5, 0.6) is 0 Å². The minimum Gasteiger partial charge on any atom is -0.300 e. The third kappa shape index (κ3) is 1.31. The fraction of sp³-hybridized carbons (Fsp3) is 1.00. The van der Waals surface area contributed by atoms with Crippen LogP contribution >= 0.6 is 0 Å². The molecule has 0 radical (unpaired) electrons. The Morgan fingerprint density at radius 3 is 2.82 bits per heavy atom. The third-order valence-electron chi connectivity index (χ3n) is 3.64. The first-order valence-corrected chi connectivity index (χ1v) is 5.01. The van der Waals surface area contributed by atoms with E-state index in [2.05, 4.69) is 18.7 Å². The average Bonchev–Trinajstić information content (AvgIpc) is 2.36. The summed E-state index contributed by atoms with van der Waals surface area (Å²) in [5.74, 6) is 1.90. The third-order valence-corrected chi connectivity index (χ3v) is 3.64. The largest absolute Gasteiger partial charge is 0.300 e. The van der Waals surface area contributed by atoms with Crippen molar-refractivity contribution < 1.29 is 0 Å². The lowest BCUT2D eigenvalue weighted by Gasteiger charge is -2.37. The Balaban J connectivity index is 2.00. The summed E-state index contributed by atoms with van der Waals surface area (Å²) in [5, 5.41) is 0. The molecule has 0 N–H and O–H groups in total. The molecule has 3 unspecified atom stereocenters. The predicted octanol–water partition coefficient (Wildman–Crippen LogP) is 2.13. The summed E-state index contributed by atoms with van der Waals surface area (Å²) < 4.78 is 0. The Bertz CT molecular complexity index is 128. The fourth-order valence-electron chi connectivity index (χ4n) is 2.61. The SMILES string of the molecule is CC1CC2CCCN2CC1C. The van der Waals surface area contributed by atoms with Gasteiger partial charge in [-0.15, -0.1) is 0 Å². The van der Waals surface area contributed by atoms with Crippen molar-refractivity contribution in [2.24, 2.45) is 11.8 Å². The molecule has 1 nitrogen and oxygen atoms in total. The number of hydrogen-bond acceptors (Lipinski definition) is 1. The summed E-state index contributed by atoms with van der Waals surface area (Å²) in [5.41, 5.74) is 0. The Kier molecular flexibility index (Phi) is 1.92. The molecule has 2 saturated heterocycles. The average molecular weight is 153 g/mol. The zero-order valence-electron chi connectivity index (χ0n) is 7.71. The number of hydrogen-bond donors (Lipinski definition) is 0. The van der Waals surface area contributed by atoms with E-state index in [9.17, 15) is 0 Å². The predicted molar refractivity (Wildman–Crippen MR) is 47.5 cm³/mol. The van der Waals surface area contributed by atoms with E-state index < -0.39 is 0 Å². The van der Waals surface area contributed by atoms with Crippen molar-refractivity contribution >= 4 is 0 Å². The van der Waals surface area contributed by atoms with E-state index in [0.717, 1.165) is 17.9 Å². The molecular formula is C10H19N. The van der Waals surface area contributed by atoms with Crippen LogP contribution in [0.1, 0.15) is 33.1 Å². The van der Waals surface area contributed by atoms with Gasteiger partial charge in [0.1, 0.15) is 0 Å². The van der Waals surface area contributed by atoms with Crippen molar-refractivity contribution in [1.82, 2.24) is 4.90 Å². The molecule has 0 amide bonds. The molecule has 2 rings (SSSR count). The molecule has 11 heavy (non-hydrogen) atoms. The second-order valence-electron chi connectivity index (χ2n) is 4.48. The van der Waals surface area contributed by atoms with E-state index in [1.165, 1.54) is 32.4 Å². The van der Waals surface area contributed by atoms with Crippen LogP contribution in [0.2, 0.25) is 0 Å². The summed E-state index contributed by atoms with van der Waals surface area (Å²) in [7, 11) is 0. The van der Waals surface area contributed by atoms with Crippen LogP contribution in [-0.2, 0) is 0 Å². The van der Waals surface area contributed by atoms with E-state index in [1.54, 1.807) is 0 Å².